The number of esters is 1. The van der Waals surface area contributed by atoms with Gasteiger partial charge in [0.15, 0.2) is 0 Å². The van der Waals surface area contributed by atoms with Crippen molar-refractivity contribution < 1.29 is 14.3 Å². The van der Waals surface area contributed by atoms with Crippen LogP contribution in [0, 0.1) is 0 Å². The van der Waals surface area contributed by atoms with Crippen LogP contribution >= 0.6 is 11.6 Å². The van der Waals surface area contributed by atoms with Crippen LogP contribution in [0.2, 0.25) is 5.02 Å². The van der Waals surface area contributed by atoms with Gasteiger partial charge in [-0.2, -0.15) is 0 Å². The number of methoxy groups -OCH3 is 1. The van der Waals surface area contributed by atoms with Crippen LogP contribution in [0.5, 0.6) is 5.75 Å². The molecule has 1 aromatic rings. The van der Waals surface area contributed by atoms with Gasteiger partial charge in [0, 0.05) is 23.7 Å². The quantitative estimate of drug-likeness (QED) is 0.759. The number of nitrogens with one attached hydrogen (secondary N) is 1. The van der Waals surface area contributed by atoms with Gasteiger partial charge in [-0.15, -0.1) is 0 Å². The molecule has 0 spiro atoms. The number of ether oxygens (including phenoxy) is 2. The predicted molar refractivity (Wildman–Crippen MR) is 60.0 cm³/mol. The molecule has 1 N–H and O–H groups in total. The van der Waals surface area contributed by atoms with E-state index < -0.39 is 5.97 Å². The normalized spacial score (nSPS) is 14.6. The first kappa shape index (κ1) is 11.2. The number of hydrogen-bond donors (Lipinski definition) is 1. The molecule has 0 aliphatic carbocycles. The van der Waals surface area contributed by atoms with E-state index in [1.807, 2.05) is 0 Å². The minimum Gasteiger partial charge on any atom is -0.491 e. The molecule has 86 valence electrons. The Balaban J connectivity index is 2.50. The number of hydrogen-bond acceptors (Lipinski definition) is 4. The van der Waals surface area contributed by atoms with Crippen LogP contribution in [0.3, 0.4) is 0 Å². The van der Waals surface area contributed by atoms with Crippen molar-refractivity contribution in [3.63, 3.8) is 0 Å². The lowest BCUT2D eigenvalue weighted by Crippen LogP contribution is -2.16. The first-order valence-corrected chi connectivity index (χ1v) is 5.34. The number of halogens is 1. The SMILES string of the molecule is COC(=O)c1cc(Cl)cc2c1OCCNC2. The average molecular weight is 242 g/mol. The number of carbonyl (C=O) groups is 1. The molecule has 1 aliphatic rings. The molecular formula is C11H12ClNO3. The Bertz CT molecular complexity index is 420. The maximum Gasteiger partial charge on any atom is 0.341 e. The topological polar surface area (TPSA) is 47.6 Å². The summed E-state index contributed by atoms with van der Waals surface area (Å²) in [7, 11) is 1.34. The molecule has 0 bridgehead atoms. The Labute approximate surface area is 98.5 Å². The Morgan fingerprint density at radius 2 is 2.38 bits per heavy atom. The molecule has 0 amide bonds. The van der Waals surface area contributed by atoms with Crippen molar-refractivity contribution >= 4 is 17.6 Å². The minimum atomic E-state index is -0.430. The highest BCUT2D eigenvalue weighted by Crippen LogP contribution is 2.30. The van der Waals surface area contributed by atoms with Crippen molar-refractivity contribution in [3.05, 3.63) is 28.3 Å². The molecule has 4 nitrogen and oxygen atoms in total. The van der Waals surface area contributed by atoms with Gasteiger partial charge in [0.1, 0.15) is 17.9 Å². The lowest BCUT2D eigenvalue weighted by molar-refractivity contribution is 0.0596. The molecule has 0 fully saturated rings. The molecule has 0 saturated carbocycles. The highest BCUT2D eigenvalue weighted by atomic mass is 35.5. The third-order valence-corrected chi connectivity index (χ3v) is 2.59. The van der Waals surface area contributed by atoms with Crippen molar-refractivity contribution in [2.24, 2.45) is 0 Å². The molecule has 1 aliphatic heterocycles. The second-order valence-corrected chi connectivity index (χ2v) is 3.89. The maximum absolute atomic E-state index is 11.6. The van der Waals surface area contributed by atoms with Crippen molar-refractivity contribution in [1.82, 2.24) is 5.32 Å². The zero-order chi connectivity index (χ0) is 11.5. The van der Waals surface area contributed by atoms with Gasteiger partial charge in [-0.05, 0) is 12.1 Å². The molecule has 0 unspecified atom stereocenters. The smallest absolute Gasteiger partial charge is 0.341 e. The lowest BCUT2D eigenvalue weighted by Gasteiger charge is -2.11. The van der Waals surface area contributed by atoms with Crippen LogP contribution in [0.25, 0.3) is 0 Å². The standard InChI is InChI=1S/C11H12ClNO3/c1-15-11(14)9-5-8(12)4-7-6-13-2-3-16-10(7)9/h4-5,13H,2-3,6H2,1H3. The predicted octanol–water partition coefficient (Wildman–Crippen LogP) is 1.61. The van der Waals surface area contributed by atoms with Gasteiger partial charge in [-0.1, -0.05) is 11.6 Å². The molecule has 1 heterocycles. The van der Waals surface area contributed by atoms with E-state index in [4.69, 9.17) is 21.1 Å². The molecule has 0 saturated heterocycles. The molecule has 2 rings (SSSR count). The van der Waals surface area contributed by atoms with Crippen LogP contribution in [0.15, 0.2) is 12.1 Å². The summed E-state index contributed by atoms with van der Waals surface area (Å²) in [6, 6.07) is 3.36. The zero-order valence-electron chi connectivity index (χ0n) is 8.88. The summed E-state index contributed by atoms with van der Waals surface area (Å²) in [5, 5.41) is 3.69. The number of rotatable bonds is 1. The molecule has 16 heavy (non-hydrogen) atoms. The summed E-state index contributed by atoms with van der Waals surface area (Å²) >= 11 is 5.95. The number of carbonyl (C=O) groups excluding carboxylic acids is 1. The van der Waals surface area contributed by atoms with Crippen molar-refractivity contribution in [2.45, 2.75) is 6.54 Å². The molecule has 0 radical (unpaired) electrons. The first-order valence-electron chi connectivity index (χ1n) is 4.96. The molecule has 0 atom stereocenters. The largest absolute Gasteiger partial charge is 0.491 e. The lowest BCUT2D eigenvalue weighted by atomic mass is 10.1. The Hall–Kier alpha value is -1.26. The third-order valence-electron chi connectivity index (χ3n) is 2.38. The first-order chi connectivity index (χ1) is 7.72. The van der Waals surface area contributed by atoms with Crippen LogP contribution in [-0.2, 0) is 11.3 Å². The molecule has 1 aromatic carbocycles. The second-order valence-electron chi connectivity index (χ2n) is 3.46. The Kier molecular flexibility index (Phi) is 3.31. The summed E-state index contributed by atoms with van der Waals surface area (Å²) in [6.45, 7) is 1.91. The molecule has 5 heteroatoms. The van der Waals surface area contributed by atoms with Crippen molar-refractivity contribution in [2.75, 3.05) is 20.3 Å². The fourth-order valence-corrected chi connectivity index (χ4v) is 1.90. The molecular weight excluding hydrogens is 230 g/mol. The Morgan fingerprint density at radius 3 is 3.12 bits per heavy atom. The zero-order valence-corrected chi connectivity index (χ0v) is 9.63. The van der Waals surface area contributed by atoms with Crippen LogP contribution in [0.1, 0.15) is 15.9 Å². The Morgan fingerprint density at radius 1 is 1.56 bits per heavy atom. The van der Waals surface area contributed by atoms with Gasteiger partial charge >= 0.3 is 5.97 Å². The highest BCUT2D eigenvalue weighted by Gasteiger charge is 2.19. The van der Waals surface area contributed by atoms with Gasteiger partial charge in [-0.25, -0.2) is 4.79 Å². The van der Waals surface area contributed by atoms with Gasteiger partial charge in [0.2, 0.25) is 0 Å². The van der Waals surface area contributed by atoms with Crippen molar-refractivity contribution in [3.8, 4) is 5.75 Å². The van der Waals surface area contributed by atoms with E-state index in [-0.39, 0.29) is 0 Å². The van der Waals surface area contributed by atoms with Crippen molar-refractivity contribution in [1.29, 1.82) is 0 Å². The summed E-state index contributed by atoms with van der Waals surface area (Å²) in [5.74, 6) is 0.141. The van der Waals surface area contributed by atoms with Crippen LogP contribution < -0.4 is 10.1 Å². The van der Waals surface area contributed by atoms with E-state index in [1.165, 1.54) is 7.11 Å². The summed E-state index contributed by atoms with van der Waals surface area (Å²) in [5.41, 5.74) is 1.26. The van der Waals surface area contributed by atoms with E-state index in [0.29, 0.717) is 29.5 Å². The fraction of sp³-hybridized carbons (Fsp3) is 0.364. The van der Waals surface area contributed by atoms with Crippen LogP contribution in [-0.4, -0.2) is 26.2 Å². The van der Waals surface area contributed by atoms with Gasteiger partial charge in [-0.3, -0.25) is 0 Å². The van der Waals surface area contributed by atoms with Gasteiger partial charge in [0.25, 0.3) is 0 Å². The monoisotopic (exact) mass is 241 g/mol. The van der Waals surface area contributed by atoms with E-state index in [0.717, 1.165) is 12.1 Å². The fourth-order valence-electron chi connectivity index (χ4n) is 1.66. The summed E-state index contributed by atoms with van der Waals surface area (Å²) in [6.07, 6.45) is 0. The summed E-state index contributed by atoms with van der Waals surface area (Å²) < 4.78 is 10.2. The third kappa shape index (κ3) is 2.13. The number of benzene rings is 1. The number of fused-ring (bicyclic) bond motifs is 1. The highest BCUT2D eigenvalue weighted by molar-refractivity contribution is 6.31. The van der Waals surface area contributed by atoms with Gasteiger partial charge < -0.3 is 14.8 Å². The average Bonchev–Trinajstić information content (AvgIpc) is 2.51. The van der Waals surface area contributed by atoms with Gasteiger partial charge in [0.05, 0.1) is 7.11 Å². The molecule has 0 aromatic heterocycles. The second kappa shape index (κ2) is 4.72. The summed E-state index contributed by atoms with van der Waals surface area (Å²) in [4.78, 5) is 11.6. The van der Waals surface area contributed by atoms with E-state index >= 15 is 0 Å². The van der Waals surface area contributed by atoms with E-state index in [9.17, 15) is 4.79 Å². The minimum absolute atomic E-state index is 0.383. The van der Waals surface area contributed by atoms with Crippen LogP contribution in [0.4, 0.5) is 0 Å². The maximum atomic E-state index is 11.6. The van der Waals surface area contributed by atoms with E-state index in [1.54, 1.807) is 12.1 Å². The van der Waals surface area contributed by atoms with E-state index in [2.05, 4.69) is 5.32 Å².